The number of rotatable bonds is 9. The summed E-state index contributed by atoms with van der Waals surface area (Å²) in [7, 11) is 1.22. The molecule has 1 heterocycles. The van der Waals surface area contributed by atoms with Crippen LogP contribution in [0.1, 0.15) is 33.1 Å². The minimum atomic E-state index is -0.757. The van der Waals surface area contributed by atoms with Crippen LogP contribution in [-0.2, 0) is 9.59 Å². The fourth-order valence-corrected chi connectivity index (χ4v) is 3.85. The van der Waals surface area contributed by atoms with Gasteiger partial charge in [0.1, 0.15) is 0 Å². The molecule has 1 aliphatic heterocycles. The van der Waals surface area contributed by atoms with E-state index in [-0.39, 0.29) is 24.4 Å². The monoisotopic (exact) mass is 460 g/mol. The van der Waals surface area contributed by atoms with E-state index in [4.69, 9.17) is 4.74 Å². The molecule has 1 atom stereocenters. The molecule has 3 N–H and O–H groups in total. The van der Waals surface area contributed by atoms with Crippen molar-refractivity contribution in [2.75, 3.05) is 31.6 Å². The summed E-state index contributed by atoms with van der Waals surface area (Å²) in [5, 5.41) is 8.91. The Balaban J connectivity index is 1.52. The Morgan fingerprint density at radius 1 is 1.24 bits per heavy atom. The summed E-state index contributed by atoms with van der Waals surface area (Å²) in [5.41, 5.74) is 2.91. The maximum absolute atomic E-state index is 14.1. The Hall–Kier alpha value is -3.20. The fraction of sp³-hybridized carbons (Fsp3) is 0.417. The summed E-state index contributed by atoms with van der Waals surface area (Å²) < 4.78 is 32.9. The van der Waals surface area contributed by atoms with Gasteiger partial charge in [-0.2, -0.15) is 0 Å². The van der Waals surface area contributed by atoms with E-state index in [0.717, 1.165) is 11.3 Å². The van der Waals surface area contributed by atoms with Crippen molar-refractivity contribution >= 4 is 17.5 Å². The Labute approximate surface area is 192 Å². The minimum Gasteiger partial charge on any atom is -0.491 e. The van der Waals surface area contributed by atoms with Crippen LogP contribution in [0.5, 0.6) is 5.75 Å². The lowest BCUT2D eigenvalue weighted by molar-refractivity contribution is -0.121. The highest BCUT2D eigenvalue weighted by atomic mass is 19.1. The summed E-state index contributed by atoms with van der Waals surface area (Å²) in [6.07, 6.45) is 7.41. The molecule has 33 heavy (non-hydrogen) atoms. The first-order valence-electron chi connectivity index (χ1n) is 11.0. The highest BCUT2D eigenvalue weighted by molar-refractivity contribution is 5.82. The summed E-state index contributed by atoms with van der Waals surface area (Å²) in [4.78, 5) is 25.9. The van der Waals surface area contributed by atoms with E-state index in [0.29, 0.717) is 43.7 Å². The van der Waals surface area contributed by atoms with Gasteiger partial charge in [0, 0.05) is 54.8 Å². The highest BCUT2D eigenvalue weighted by Crippen LogP contribution is 2.27. The predicted molar refractivity (Wildman–Crippen MR) is 123 cm³/mol. The first kappa shape index (κ1) is 24.4. The summed E-state index contributed by atoms with van der Waals surface area (Å²) in [6.45, 7) is 4.87. The molecule has 7 nitrogen and oxygen atoms in total. The Morgan fingerprint density at radius 3 is 2.64 bits per heavy atom. The number of hydrogen-bond donors (Lipinski definition) is 3. The van der Waals surface area contributed by atoms with E-state index in [1.807, 2.05) is 37.0 Å². The molecule has 2 aliphatic rings. The summed E-state index contributed by atoms with van der Waals surface area (Å²) in [6, 6.07) is 2.37. The van der Waals surface area contributed by atoms with E-state index in [9.17, 15) is 18.4 Å². The number of ether oxygens (including phenoxy) is 1. The standard InChI is InChI=1S/C24H30F2N4O3/c1-4-30(18-11-19(25)24(33-3)20(26)12-18)14-15(2)27-13-23(32)28-17-6-5-7-21-16(10-17)8-9-22(31)29-21/h6-7,10-12,15,27H,4-5,8-9,13-14H2,1-3H3,(H,28,32)(H,29,31). The average Bonchev–Trinajstić information content (AvgIpc) is 2.97. The Morgan fingerprint density at radius 2 is 1.97 bits per heavy atom. The smallest absolute Gasteiger partial charge is 0.238 e. The van der Waals surface area contributed by atoms with Crippen molar-refractivity contribution in [1.82, 2.24) is 16.0 Å². The van der Waals surface area contributed by atoms with Crippen LogP contribution in [0, 0.1) is 11.6 Å². The van der Waals surface area contributed by atoms with Gasteiger partial charge in [0.2, 0.25) is 11.8 Å². The van der Waals surface area contributed by atoms with Crippen molar-refractivity contribution < 1.29 is 23.1 Å². The van der Waals surface area contributed by atoms with Gasteiger partial charge in [0.25, 0.3) is 0 Å². The summed E-state index contributed by atoms with van der Waals surface area (Å²) >= 11 is 0. The van der Waals surface area contributed by atoms with E-state index in [2.05, 4.69) is 16.0 Å². The van der Waals surface area contributed by atoms with Crippen LogP contribution >= 0.6 is 0 Å². The number of hydrogen-bond acceptors (Lipinski definition) is 5. The first-order chi connectivity index (χ1) is 15.8. The van der Waals surface area contributed by atoms with Crippen molar-refractivity contribution in [3.8, 4) is 5.75 Å². The molecule has 1 aromatic carbocycles. The third-order valence-corrected chi connectivity index (χ3v) is 5.55. The largest absolute Gasteiger partial charge is 0.491 e. The number of carbonyl (C=O) groups is 2. The zero-order valence-electron chi connectivity index (χ0n) is 19.1. The van der Waals surface area contributed by atoms with Gasteiger partial charge < -0.3 is 25.6 Å². The maximum atomic E-state index is 14.1. The third-order valence-electron chi connectivity index (χ3n) is 5.55. The van der Waals surface area contributed by atoms with Crippen LogP contribution in [0.25, 0.3) is 0 Å². The van der Waals surface area contributed by atoms with Crippen LogP contribution < -0.4 is 25.6 Å². The molecule has 0 bridgehead atoms. The molecule has 1 aromatic rings. The number of amides is 2. The zero-order chi connectivity index (χ0) is 24.0. The maximum Gasteiger partial charge on any atom is 0.238 e. The number of fused-ring (bicyclic) bond motifs is 1. The van der Waals surface area contributed by atoms with Crippen LogP contribution in [0.3, 0.4) is 0 Å². The van der Waals surface area contributed by atoms with Crippen molar-refractivity contribution in [3.63, 3.8) is 0 Å². The molecule has 0 radical (unpaired) electrons. The second-order valence-electron chi connectivity index (χ2n) is 8.04. The van der Waals surface area contributed by atoms with Gasteiger partial charge in [-0.15, -0.1) is 0 Å². The van der Waals surface area contributed by atoms with Gasteiger partial charge in [-0.25, -0.2) is 8.78 Å². The quantitative estimate of drug-likeness (QED) is 0.528. The number of carbonyl (C=O) groups excluding carboxylic acids is 2. The van der Waals surface area contributed by atoms with Gasteiger partial charge in [0.05, 0.1) is 13.7 Å². The molecule has 0 aromatic heterocycles. The number of piperidine rings is 1. The lowest BCUT2D eigenvalue weighted by Gasteiger charge is -2.27. The van der Waals surface area contributed by atoms with Crippen LogP contribution in [0.15, 0.2) is 47.3 Å². The first-order valence-corrected chi connectivity index (χ1v) is 11.0. The van der Waals surface area contributed by atoms with Crippen molar-refractivity contribution in [3.05, 3.63) is 59.0 Å². The molecule has 0 spiro atoms. The van der Waals surface area contributed by atoms with Gasteiger partial charge in [-0.05, 0) is 38.3 Å². The Kier molecular flexibility index (Phi) is 8.21. The second-order valence-corrected chi connectivity index (χ2v) is 8.04. The Bertz CT molecular complexity index is 980. The van der Waals surface area contributed by atoms with E-state index < -0.39 is 17.4 Å². The molecule has 1 aliphatic carbocycles. The molecule has 3 rings (SSSR count). The van der Waals surface area contributed by atoms with Gasteiger partial charge in [-0.1, -0.05) is 12.2 Å². The molecule has 1 saturated heterocycles. The predicted octanol–water partition coefficient (Wildman–Crippen LogP) is 2.90. The SMILES string of the molecule is CCN(CC(C)NCC(=O)NC1=CCC=C2NC(=O)CCC2=C1)c1cc(F)c(OC)c(F)c1. The fourth-order valence-electron chi connectivity index (χ4n) is 3.85. The number of methoxy groups -OCH3 is 1. The molecular formula is C24H30F2N4O3. The average molecular weight is 461 g/mol. The molecule has 178 valence electrons. The van der Waals surface area contributed by atoms with Crippen molar-refractivity contribution in [2.24, 2.45) is 0 Å². The molecule has 9 heteroatoms. The second kappa shape index (κ2) is 11.1. The van der Waals surface area contributed by atoms with Crippen molar-refractivity contribution in [1.29, 1.82) is 0 Å². The van der Waals surface area contributed by atoms with Gasteiger partial charge >= 0.3 is 0 Å². The highest BCUT2D eigenvalue weighted by Gasteiger charge is 2.20. The number of allylic oxidation sites excluding steroid dienone is 4. The topological polar surface area (TPSA) is 82.7 Å². The number of nitrogens with one attached hydrogen (secondary N) is 3. The van der Waals surface area contributed by atoms with Crippen LogP contribution in [0.2, 0.25) is 0 Å². The third kappa shape index (κ3) is 6.41. The lowest BCUT2D eigenvalue weighted by Crippen LogP contribution is -2.43. The van der Waals surface area contributed by atoms with E-state index in [1.165, 1.54) is 19.2 Å². The molecule has 0 saturated carbocycles. The van der Waals surface area contributed by atoms with E-state index >= 15 is 0 Å². The lowest BCUT2D eigenvalue weighted by atomic mass is 10.0. The number of likely N-dealkylation sites (N-methyl/N-ethyl adjacent to an activating group) is 1. The molecular weight excluding hydrogens is 430 g/mol. The number of anilines is 1. The van der Waals surface area contributed by atoms with Gasteiger partial charge in [0.15, 0.2) is 17.4 Å². The van der Waals surface area contributed by atoms with Crippen molar-refractivity contribution in [2.45, 2.75) is 39.2 Å². The molecule has 1 fully saturated rings. The van der Waals surface area contributed by atoms with E-state index in [1.54, 1.807) is 0 Å². The zero-order valence-corrected chi connectivity index (χ0v) is 19.1. The van der Waals surface area contributed by atoms with Crippen LogP contribution in [0.4, 0.5) is 14.5 Å². The minimum absolute atomic E-state index is 0.00492. The normalized spacial score (nSPS) is 16.4. The number of nitrogens with zero attached hydrogens (tertiary/aromatic N) is 1. The number of halogens is 2. The number of benzene rings is 1. The molecule has 2 amide bonds. The summed E-state index contributed by atoms with van der Waals surface area (Å²) in [5.74, 6) is -2.11. The van der Waals surface area contributed by atoms with Gasteiger partial charge in [-0.3, -0.25) is 9.59 Å². The molecule has 1 unspecified atom stereocenters. The van der Waals surface area contributed by atoms with Crippen LogP contribution in [-0.4, -0.2) is 44.6 Å².